The molecule has 0 radical (unpaired) electrons. The fraction of sp³-hybridized carbons (Fsp3) is 0.500. The molecule has 0 bridgehead atoms. The highest BCUT2D eigenvalue weighted by Crippen LogP contribution is 2.11. The number of hydrogen-bond donors (Lipinski definition) is 0. The van der Waals surface area contributed by atoms with Gasteiger partial charge < -0.3 is 4.90 Å². The number of amides is 2. The molecule has 0 aromatic carbocycles. The lowest BCUT2D eigenvalue weighted by Gasteiger charge is -2.07. The third kappa shape index (κ3) is 0.781. The Morgan fingerprint density at radius 1 is 1.56 bits per heavy atom. The summed E-state index contributed by atoms with van der Waals surface area (Å²) in [5, 5.41) is 0. The highest BCUT2D eigenvalue weighted by atomic mass is 16.2. The summed E-state index contributed by atoms with van der Waals surface area (Å²) in [6.45, 7) is 4.36. The zero-order valence-corrected chi connectivity index (χ0v) is 5.72. The Balaban J connectivity index is 2.77. The number of carbonyl (C=O) groups is 1. The molecule has 0 aliphatic carbocycles. The van der Waals surface area contributed by atoms with Crippen molar-refractivity contribution in [1.29, 1.82) is 0 Å². The second-order valence-electron chi connectivity index (χ2n) is 2.26. The van der Waals surface area contributed by atoms with Crippen LogP contribution in [0.1, 0.15) is 0 Å². The minimum atomic E-state index is 0.0278. The summed E-state index contributed by atoms with van der Waals surface area (Å²) in [4.78, 5) is 14.1. The highest BCUT2D eigenvalue weighted by Gasteiger charge is 2.24. The van der Waals surface area contributed by atoms with Crippen LogP contribution in [0.3, 0.4) is 0 Å². The summed E-state index contributed by atoms with van der Waals surface area (Å²) in [5.74, 6) is 0. The minimum Gasteiger partial charge on any atom is -0.322 e. The van der Waals surface area contributed by atoms with Crippen molar-refractivity contribution in [2.24, 2.45) is 0 Å². The van der Waals surface area contributed by atoms with Gasteiger partial charge in [-0.15, -0.1) is 0 Å². The van der Waals surface area contributed by atoms with E-state index in [1.54, 1.807) is 23.9 Å². The summed E-state index contributed by atoms with van der Waals surface area (Å²) >= 11 is 0. The molecule has 1 rings (SSSR count). The topological polar surface area (TPSA) is 23.6 Å². The molecule has 3 nitrogen and oxygen atoms in total. The molecule has 0 saturated carbocycles. The quantitative estimate of drug-likeness (QED) is 0.463. The van der Waals surface area contributed by atoms with Crippen LogP contribution in [-0.2, 0) is 0 Å². The molecule has 3 heteroatoms. The number of urea groups is 1. The van der Waals surface area contributed by atoms with E-state index in [9.17, 15) is 4.79 Å². The molecule has 0 N–H and O–H groups in total. The van der Waals surface area contributed by atoms with Crippen LogP contribution in [0, 0.1) is 0 Å². The normalized spacial score (nSPS) is 19.8. The van der Waals surface area contributed by atoms with E-state index in [4.69, 9.17) is 0 Å². The summed E-state index contributed by atoms with van der Waals surface area (Å²) in [6, 6.07) is 0.0278. The van der Waals surface area contributed by atoms with Gasteiger partial charge in [0.15, 0.2) is 0 Å². The van der Waals surface area contributed by atoms with Crippen LogP contribution in [0.5, 0.6) is 0 Å². The number of carbonyl (C=O) groups excluding carboxylic acids is 1. The van der Waals surface area contributed by atoms with Crippen molar-refractivity contribution in [1.82, 2.24) is 9.80 Å². The highest BCUT2D eigenvalue weighted by molar-refractivity contribution is 5.78. The Bertz CT molecular complexity index is 164. The van der Waals surface area contributed by atoms with Gasteiger partial charge >= 0.3 is 6.03 Å². The average Bonchev–Trinajstić information content (AvgIpc) is 1.98. The van der Waals surface area contributed by atoms with Gasteiger partial charge in [-0.3, -0.25) is 4.90 Å². The van der Waals surface area contributed by atoms with Crippen LogP contribution < -0.4 is 0 Å². The first-order valence-electron chi connectivity index (χ1n) is 2.79. The molecule has 1 heterocycles. The van der Waals surface area contributed by atoms with Gasteiger partial charge in [0.1, 0.15) is 0 Å². The Morgan fingerprint density at radius 3 is 2.22 bits per heavy atom. The van der Waals surface area contributed by atoms with E-state index in [2.05, 4.69) is 6.58 Å². The van der Waals surface area contributed by atoms with Crippen molar-refractivity contribution in [2.45, 2.75) is 0 Å². The van der Waals surface area contributed by atoms with Gasteiger partial charge in [-0.1, -0.05) is 6.58 Å². The van der Waals surface area contributed by atoms with E-state index in [1.807, 2.05) is 0 Å². The molecule has 1 aliphatic heterocycles. The second-order valence-corrected chi connectivity index (χ2v) is 2.26. The van der Waals surface area contributed by atoms with Crippen molar-refractivity contribution in [3.63, 3.8) is 0 Å². The molecule has 0 atom stereocenters. The molecule has 0 unspecified atom stereocenters. The van der Waals surface area contributed by atoms with E-state index in [1.165, 1.54) is 0 Å². The molecule has 9 heavy (non-hydrogen) atoms. The van der Waals surface area contributed by atoms with Gasteiger partial charge in [-0.25, -0.2) is 4.79 Å². The van der Waals surface area contributed by atoms with Crippen molar-refractivity contribution < 1.29 is 4.79 Å². The second kappa shape index (κ2) is 1.76. The number of likely N-dealkylation sites (N-methyl/N-ethyl adjacent to an activating group) is 2. The smallest absolute Gasteiger partial charge is 0.322 e. The molecule has 1 fully saturated rings. The maximum Gasteiger partial charge on any atom is 0.324 e. The summed E-state index contributed by atoms with van der Waals surface area (Å²) < 4.78 is 0. The van der Waals surface area contributed by atoms with Gasteiger partial charge in [0.05, 0.1) is 6.54 Å². The summed E-state index contributed by atoms with van der Waals surface area (Å²) in [7, 11) is 3.49. The first-order chi connectivity index (χ1) is 4.13. The summed E-state index contributed by atoms with van der Waals surface area (Å²) in [6.07, 6.45) is 0. The van der Waals surface area contributed by atoms with E-state index in [-0.39, 0.29) is 6.03 Å². The predicted octanol–water partition coefficient (Wildman–Crippen LogP) is 0.497. The van der Waals surface area contributed by atoms with Gasteiger partial charge in [-0.05, 0) is 0 Å². The monoisotopic (exact) mass is 126 g/mol. The zero-order chi connectivity index (χ0) is 7.02. The third-order valence-corrected chi connectivity index (χ3v) is 1.51. The Morgan fingerprint density at radius 2 is 2.11 bits per heavy atom. The maximum atomic E-state index is 10.9. The van der Waals surface area contributed by atoms with E-state index in [0.29, 0.717) is 6.54 Å². The number of nitrogens with zero attached hydrogens (tertiary/aromatic N) is 2. The molecule has 0 aromatic heterocycles. The minimum absolute atomic E-state index is 0.0278. The molecule has 0 aromatic rings. The van der Waals surface area contributed by atoms with E-state index in [0.717, 1.165) is 5.70 Å². The fourth-order valence-electron chi connectivity index (χ4n) is 0.839. The van der Waals surface area contributed by atoms with E-state index >= 15 is 0 Å². The summed E-state index contributed by atoms with van der Waals surface area (Å²) in [5.41, 5.74) is 0.863. The lowest BCUT2D eigenvalue weighted by Crippen LogP contribution is -2.25. The van der Waals surface area contributed by atoms with Gasteiger partial charge in [-0.2, -0.15) is 0 Å². The number of hydrogen-bond acceptors (Lipinski definition) is 1. The van der Waals surface area contributed by atoms with Crippen LogP contribution in [-0.4, -0.2) is 36.5 Å². The van der Waals surface area contributed by atoms with Crippen LogP contribution in [0.2, 0.25) is 0 Å². The molecule has 0 spiro atoms. The molecule has 1 aliphatic rings. The van der Waals surface area contributed by atoms with Gasteiger partial charge in [0, 0.05) is 19.8 Å². The lowest BCUT2D eigenvalue weighted by molar-refractivity contribution is 0.207. The first kappa shape index (κ1) is 6.13. The van der Waals surface area contributed by atoms with Crippen LogP contribution in [0.4, 0.5) is 4.79 Å². The standard InChI is InChI=1S/C6H10N2O/c1-5-4-7(2)6(9)8(5)3/h1,4H2,2-3H3. The van der Waals surface area contributed by atoms with Crippen LogP contribution >= 0.6 is 0 Å². The zero-order valence-electron chi connectivity index (χ0n) is 5.72. The fourth-order valence-corrected chi connectivity index (χ4v) is 0.839. The SMILES string of the molecule is C=C1CN(C)C(=O)N1C. The van der Waals surface area contributed by atoms with Crippen molar-refractivity contribution in [2.75, 3.05) is 20.6 Å². The van der Waals surface area contributed by atoms with Crippen molar-refractivity contribution >= 4 is 6.03 Å². The van der Waals surface area contributed by atoms with Crippen LogP contribution in [0.25, 0.3) is 0 Å². The van der Waals surface area contributed by atoms with E-state index < -0.39 is 0 Å². The third-order valence-electron chi connectivity index (χ3n) is 1.51. The Kier molecular flexibility index (Phi) is 1.20. The molecule has 50 valence electrons. The molecular formula is C6H10N2O. The lowest BCUT2D eigenvalue weighted by atomic mass is 10.5. The van der Waals surface area contributed by atoms with Crippen LogP contribution in [0.15, 0.2) is 12.3 Å². The van der Waals surface area contributed by atoms with Crippen molar-refractivity contribution in [3.05, 3.63) is 12.3 Å². The number of rotatable bonds is 0. The Hall–Kier alpha value is -0.990. The average molecular weight is 126 g/mol. The predicted molar refractivity (Wildman–Crippen MR) is 34.9 cm³/mol. The molecule has 1 saturated heterocycles. The maximum absolute atomic E-state index is 10.9. The first-order valence-corrected chi connectivity index (χ1v) is 2.79. The van der Waals surface area contributed by atoms with Gasteiger partial charge in [0.25, 0.3) is 0 Å². The largest absolute Gasteiger partial charge is 0.324 e. The van der Waals surface area contributed by atoms with Crippen molar-refractivity contribution in [3.8, 4) is 0 Å². The molecular weight excluding hydrogens is 116 g/mol. The molecule has 2 amide bonds. The Labute approximate surface area is 54.5 Å². The van der Waals surface area contributed by atoms with Gasteiger partial charge in [0.2, 0.25) is 0 Å².